The van der Waals surface area contributed by atoms with Crippen molar-refractivity contribution in [2.24, 2.45) is 0 Å². The van der Waals surface area contributed by atoms with Crippen molar-refractivity contribution in [2.45, 2.75) is 6.92 Å². The van der Waals surface area contributed by atoms with Crippen molar-refractivity contribution < 1.29 is 23.5 Å². The molecule has 1 amide bonds. The predicted molar refractivity (Wildman–Crippen MR) is 136 cm³/mol. The van der Waals surface area contributed by atoms with E-state index in [1.54, 1.807) is 17.5 Å². The molecule has 184 valence electrons. The average Bonchev–Trinajstić information content (AvgIpc) is 3.28. The summed E-state index contributed by atoms with van der Waals surface area (Å²) in [6.07, 6.45) is 0. The highest BCUT2D eigenvalue weighted by Gasteiger charge is 2.25. The van der Waals surface area contributed by atoms with Crippen LogP contribution in [-0.2, 0) is 9.53 Å². The highest BCUT2D eigenvalue weighted by molar-refractivity contribution is 7.15. The minimum Gasteiger partial charge on any atom is -0.492 e. The molecule has 4 rings (SSSR count). The van der Waals surface area contributed by atoms with Crippen molar-refractivity contribution in [3.05, 3.63) is 65.3 Å². The summed E-state index contributed by atoms with van der Waals surface area (Å²) in [7, 11) is 1.29. The van der Waals surface area contributed by atoms with Crippen LogP contribution in [0, 0.1) is 5.82 Å². The molecule has 0 saturated carbocycles. The first kappa shape index (κ1) is 24.7. The molecule has 1 N–H and O–H groups in total. The molecule has 0 radical (unpaired) electrons. The smallest absolute Gasteiger partial charge is 0.341 e. The second-order valence-electron chi connectivity index (χ2n) is 8.06. The van der Waals surface area contributed by atoms with Gasteiger partial charge in [-0.1, -0.05) is 24.3 Å². The first-order valence-corrected chi connectivity index (χ1v) is 12.3. The van der Waals surface area contributed by atoms with Gasteiger partial charge in [-0.15, -0.1) is 11.3 Å². The molecule has 1 saturated heterocycles. The molecule has 0 spiro atoms. The van der Waals surface area contributed by atoms with Crippen molar-refractivity contribution in [3.63, 3.8) is 0 Å². The third-order valence-electron chi connectivity index (χ3n) is 5.83. The molecule has 2 aromatic carbocycles. The summed E-state index contributed by atoms with van der Waals surface area (Å²) in [6, 6.07) is 13.8. The molecule has 0 bridgehead atoms. The second-order valence-corrected chi connectivity index (χ2v) is 8.94. The molecule has 1 fully saturated rings. The van der Waals surface area contributed by atoms with Gasteiger partial charge >= 0.3 is 5.97 Å². The lowest BCUT2D eigenvalue weighted by Gasteiger charge is -2.36. The Balaban J connectivity index is 1.40. The highest BCUT2D eigenvalue weighted by atomic mass is 32.1. The van der Waals surface area contributed by atoms with Gasteiger partial charge in [0.15, 0.2) is 0 Å². The van der Waals surface area contributed by atoms with Crippen LogP contribution in [0.2, 0.25) is 0 Å². The van der Waals surface area contributed by atoms with E-state index < -0.39 is 5.97 Å². The number of thiophene rings is 1. The Bertz CT molecular complexity index is 1170. The average molecular weight is 498 g/mol. The van der Waals surface area contributed by atoms with E-state index in [4.69, 9.17) is 9.47 Å². The maximum absolute atomic E-state index is 13.3. The Morgan fingerprint density at radius 3 is 2.46 bits per heavy atom. The van der Waals surface area contributed by atoms with Crippen LogP contribution in [0.4, 0.5) is 15.1 Å². The summed E-state index contributed by atoms with van der Waals surface area (Å²) < 4.78 is 24.0. The summed E-state index contributed by atoms with van der Waals surface area (Å²) in [6.45, 7) is 5.79. The topological polar surface area (TPSA) is 71.1 Å². The molecule has 1 aliphatic rings. The van der Waals surface area contributed by atoms with Gasteiger partial charge in [0.05, 0.1) is 25.9 Å². The normalized spacial score (nSPS) is 14.0. The van der Waals surface area contributed by atoms with Gasteiger partial charge in [0.1, 0.15) is 22.1 Å². The first-order chi connectivity index (χ1) is 17.0. The fourth-order valence-corrected chi connectivity index (χ4v) is 5.08. The Morgan fingerprint density at radius 1 is 1.06 bits per heavy atom. The van der Waals surface area contributed by atoms with Crippen molar-refractivity contribution in [1.82, 2.24) is 4.90 Å². The Morgan fingerprint density at radius 2 is 1.77 bits per heavy atom. The van der Waals surface area contributed by atoms with Gasteiger partial charge < -0.3 is 19.7 Å². The number of benzene rings is 2. The fraction of sp³-hybridized carbons (Fsp3) is 0.308. The number of carbonyl (C=O) groups excluding carboxylic acids is 2. The lowest BCUT2D eigenvalue weighted by molar-refractivity contribution is -0.117. The zero-order valence-electron chi connectivity index (χ0n) is 19.8. The van der Waals surface area contributed by atoms with Gasteiger partial charge in [-0.3, -0.25) is 9.69 Å². The zero-order chi connectivity index (χ0) is 24.8. The number of esters is 1. The zero-order valence-corrected chi connectivity index (χ0v) is 20.6. The predicted octanol–water partition coefficient (Wildman–Crippen LogP) is 4.50. The minimum atomic E-state index is -0.553. The lowest BCUT2D eigenvalue weighted by atomic mass is 10.0. The number of methoxy groups -OCH3 is 1. The third-order valence-corrected chi connectivity index (χ3v) is 6.73. The van der Waals surface area contributed by atoms with Crippen molar-refractivity contribution >= 4 is 33.9 Å². The van der Waals surface area contributed by atoms with E-state index in [0.717, 1.165) is 37.6 Å². The molecule has 3 aromatic rings. The van der Waals surface area contributed by atoms with Gasteiger partial charge in [-0.2, -0.15) is 0 Å². The Kier molecular flexibility index (Phi) is 7.99. The van der Waals surface area contributed by atoms with E-state index in [-0.39, 0.29) is 23.8 Å². The number of ether oxygens (including phenoxy) is 2. The van der Waals surface area contributed by atoms with E-state index in [9.17, 15) is 14.0 Å². The fourth-order valence-electron chi connectivity index (χ4n) is 4.11. The number of nitrogens with zero attached hydrogens (tertiary/aromatic N) is 2. The lowest BCUT2D eigenvalue weighted by Crippen LogP contribution is -2.48. The van der Waals surface area contributed by atoms with Crippen LogP contribution in [0.15, 0.2) is 53.9 Å². The highest BCUT2D eigenvalue weighted by Crippen LogP contribution is 2.36. The molecule has 2 heterocycles. The number of carbonyl (C=O) groups is 2. The maximum atomic E-state index is 13.3. The molecule has 35 heavy (non-hydrogen) atoms. The van der Waals surface area contributed by atoms with Crippen molar-refractivity contribution in [3.8, 4) is 16.9 Å². The van der Waals surface area contributed by atoms with Gasteiger partial charge in [0.25, 0.3) is 0 Å². The van der Waals surface area contributed by atoms with Crippen LogP contribution in [0.5, 0.6) is 5.75 Å². The summed E-state index contributed by atoms with van der Waals surface area (Å²) in [5.41, 5.74) is 2.61. The van der Waals surface area contributed by atoms with E-state index >= 15 is 0 Å². The van der Waals surface area contributed by atoms with Gasteiger partial charge in [0.2, 0.25) is 5.91 Å². The van der Waals surface area contributed by atoms with E-state index in [2.05, 4.69) is 21.2 Å². The molecule has 1 aliphatic heterocycles. The molecule has 0 atom stereocenters. The molecular formula is C26H28FN3O4S. The number of anilines is 2. The standard InChI is InChI=1S/C26H28FN3O4S/c1-3-34-22-7-5-4-6-21(22)30-14-12-29(13-15-30)16-23(31)28-25-24(26(32)33-2)20(17-35-25)18-8-10-19(27)11-9-18/h4-11,17H,3,12-16H2,1-2H3,(H,28,31). The largest absolute Gasteiger partial charge is 0.492 e. The van der Waals surface area contributed by atoms with Gasteiger partial charge in [-0.25, -0.2) is 9.18 Å². The molecule has 9 heteroatoms. The molecule has 0 unspecified atom stereocenters. The maximum Gasteiger partial charge on any atom is 0.341 e. The molecule has 1 aromatic heterocycles. The third kappa shape index (κ3) is 5.80. The van der Waals surface area contributed by atoms with Crippen LogP contribution in [0.3, 0.4) is 0 Å². The number of halogens is 1. The van der Waals surface area contributed by atoms with Gasteiger partial charge in [-0.05, 0) is 36.8 Å². The summed E-state index contributed by atoms with van der Waals surface area (Å²) in [5.74, 6) is -0.252. The van der Waals surface area contributed by atoms with E-state index in [1.165, 1.54) is 30.6 Å². The van der Waals surface area contributed by atoms with Crippen LogP contribution in [0.1, 0.15) is 17.3 Å². The number of nitrogens with one attached hydrogen (secondary N) is 1. The van der Waals surface area contributed by atoms with E-state index in [0.29, 0.717) is 22.7 Å². The quantitative estimate of drug-likeness (QED) is 0.462. The van der Waals surface area contributed by atoms with E-state index in [1.807, 2.05) is 25.1 Å². The minimum absolute atomic E-state index is 0.203. The van der Waals surface area contributed by atoms with Crippen LogP contribution >= 0.6 is 11.3 Å². The molecular weight excluding hydrogens is 469 g/mol. The van der Waals surface area contributed by atoms with Crippen molar-refractivity contribution in [1.29, 1.82) is 0 Å². The molecule has 7 nitrogen and oxygen atoms in total. The molecule has 0 aliphatic carbocycles. The summed E-state index contributed by atoms with van der Waals surface area (Å²) >= 11 is 1.25. The second kappa shape index (κ2) is 11.3. The summed E-state index contributed by atoms with van der Waals surface area (Å²) in [4.78, 5) is 29.7. The van der Waals surface area contributed by atoms with Crippen LogP contribution in [0.25, 0.3) is 11.1 Å². The number of piperazine rings is 1. The number of para-hydroxylation sites is 2. The first-order valence-electron chi connectivity index (χ1n) is 11.4. The van der Waals surface area contributed by atoms with Crippen LogP contribution < -0.4 is 15.0 Å². The Hall–Kier alpha value is -3.43. The van der Waals surface area contributed by atoms with Crippen molar-refractivity contribution in [2.75, 3.05) is 56.7 Å². The van der Waals surface area contributed by atoms with Crippen LogP contribution in [-0.4, -0.2) is 63.2 Å². The number of rotatable bonds is 8. The monoisotopic (exact) mass is 497 g/mol. The number of amides is 1. The van der Waals surface area contributed by atoms with Gasteiger partial charge in [0, 0.05) is 37.1 Å². The number of hydrogen-bond donors (Lipinski definition) is 1. The SMILES string of the molecule is CCOc1ccccc1N1CCN(CC(=O)Nc2scc(-c3ccc(F)cc3)c2C(=O)OC)CC1. The summed E-state index contributed by atoms with van der Waals surface area (Å²) in [5, 5.41) is 5.06. The Labute approximate surface area is 208 Å². The number of hydrogen-bond acceptors (Lipinski definition) is 7.